The van der Waals surface area contributed by atoms with E-state index in [1.165, 1.54) is 32.1 Å². The van der Waals surface area contributed by atoms with Gasteiger partial charge < -0.3 is 14.6 Å². The van der Waals surface area contributed by atoms with Gasteiger partial charge in [-0.05, 0) is 32.8 Å². The number of rotatable bonds is 16. The molecule has 0 saturated heterocycles. The Labute approximate surface area is 183 Å². The molecule has 0 aliphatic rings. The molecular formula is C26H40O4. The van der Waals surface area contributed by atoms with Crippen molar-refractivity contribution in [2.75, 3.05) is 6.61 Å². The maximum absolute atomic E-state index is 11.6. The van der Waals surface area contributed by atoms with Crippen LogP contribution in [0.5, 0.6) is 5.75 Å². The zero-order valence-corrected chi connectivity index (χ0v) is 19.0. The first-order chi connectivity index (χ1) is 14.5. The van der Waals surface area contributed by atoms with Gasteiger partial charge in [-0.15, -0.1) is 0 Å². The lowest BCUT2D eigenvalue weighted by molar-refractivity contribution is -0.147. The summed E-state index contributed by atoms with van der Waals surface area (Å²) in [6.45, 7) is 6.38. The van der Waals surface area contributed by atoms with Gasteiger partial charge in [0.2, 0.25) is 0 Å². The Balaban J connectivity index is 2.34. The summed E-state index contributed by atoms with van der Waals surface area (Å²) in [5, 5.41) is 10.1. The number of aliphatic hydroxyl groups is 1. The van der Waals surface area contributed by atoms with Crippen LogP contribution in [0.1, 0.15) is 84.1 Å². The minimum atomic E-state index is -0.391. The summed E-state index contributed by atoms with van der Waals surface area (Å²) >= 11 is 0. The number of aliphatic hydroxyl groups excluding tert-OH is 1. The molecule has 0 aliphatic carbocycles. The molecule has 0 aliphatic heterocycles. The summed E-state index contributed by atoms with van der Waals surface area (Å²) in [6, 6.07) is 7.80. The van der Waals surface area contributed by atoms with E-state index in [1.54, 1.807) is 0 Å². The van der Waals surface area contributed by atoms with E-state index in [4.69, 9.17) is 9.47 Å². The van der Waals surface area contributed by atoms with Crippen LogP contribution in [0.4, 0.5) is 0 Å². The quantitative estimate of drug-likeness (QED) is 0.190. The van der Waals surface area contributed by atoms with E-state index < -0.39 is 6.10 Å². The predicted molar refractivity (Wildman–Crippen MR) is 125 cm³/mol. The molecule has 0 radical (unpaired) electrons. The van der Waals surface area contributed by atoms with Gasteiger partial charge in [-0.3, -0.25) is 4.79 Å². The van der Waals surface area contributed by atoms with Gasteiger partial charge in [0, 0.05) is 12.0 Å². The summed E-state index contributed by atoms with van der Waals surface area (Å²) in [5.74, 6) is 0.596. The zero-order valence-electron chi connectivity index (χ0n) is 19.0. The first kappa shape index (κ1) is 26.0. The molecule has 0 bridgehead atoms. The fraction of sp³-hybridized carbons (Fsp3) is 0.577. The molecule has 1 unspecified atom stereocenters. The predicted octanol–water partition coefficient (Wildman–Crippen LogP) is 6.48. The zero-order chi connectivity index (χ0) is 22.0. The molecule has 0 amide bonds. The monoisotopic (exact) mass is 416 g/mol. The Morgan fingerprint density at radius 1 is 1.03 bits per heavy atom. The normalized spacial score (nSPS) is 12.7. The molecule has 1 rings (SSSR count). The van der Waals surface area contributed by atoms with Crippen LogP contribution in [-0.4, -0.2) is 29.9 Å². The number of para-hydroxylation sites is 1. The molecule has 1 aromatic rings. The van der Waals surface area contributed by atoms with Crippen LogP contribution in [0, 0.1) is 0 Å². The van der Waals surface area contributed by atoms with E-state index >= 15 is 0 Å². The largest absolute Gasteiger partial charge is 0.493 e. The molecule has 4 heteroatoms. The lowest BCUT2D eigenvalue weighted by atomic mass is 10.1. The smallest absolute Gasteiger partial charge is 0.306 e. The molecule has 168 valence electrons. The molecule has 0 heterocycles. The number of hydrogen-bond donors (Lipinski definition) is 1. The van der Waals surface area contributed by atoms with Gasteiger partial charge in [-0.2, -0.15) is 0 Å². The van der Waals surface area contributed by atoms with Crippen LogP contribution < -0.4 is 4.74 Å². The number of benzene rings is 1. The van der Waals surface area contributed by atoms with Crippen LogP contribution in [0.15, 0.2) is 42.5 Å². The fourth-order valence-corrected chi connectivity index (χ4v) is 3.05. The van der Waals surface area contributed by atoms with Crippen molar-refractivity contribution >= 4 is 12.0 Å². The van der Waals surface area contributed by atoms with Gasteiger partial charge in [-0.1, -0.05) is 88.0 Å². The molecular weight excluding hydrogens is 376 g/mol. The lowest BCUT2D eigenvalue weighted by Gasteiger charge is -2.10. The van der Waals surface area contributed by atoms with E-state index in [1.807, 2.05) is 62.4 Å². The van der Waals surface area contributed by atoms with E-state index in [-0.39, 0.29) is 12.1 Å². The highest BCUT2D eigenvalue weighted by molar-refractivity contribution is 5.69. The number of unbranched alkanes of at least 4 members (excludes halogenated alkanes) is 5. The van der Waals surface area contributed by atoms with E-state index in [2.05, 4.69) is 6.92 Å². The number of allylic oxidation sites excluding steroid dienone is 2. The van der Waals surface area contributed by atoms with Crippen molar-refractivity contribution in [2.45, 2.75) is 90.8 Å². The van der Waals surface area contributed by atoms with Gasteiger partial charge in [-0.25, -0.2) is 0 Å². The van der Waals surface area contributed by atoms with Crippen LogP contribution in [0.2, 0.25) is 0 Å². The minimum absolute atomic E-state index is 0.0818. The molecule has 1 atom stereocenters. The van der Waals surface area contributed by atoms with Crippen LogP contribution in [-0.2, 0) is 9.53 Å². The lowest BCUT2D eigenvalue weighted by Crippen LogP contribution is -2.12. The topological polar surface area (TPSA) is 55.8 Å². The molecule has 1 aromatic carbocycles. The van der Waals surface area contributed by atoms with Crippen molar-refractivity contribution in [3.05, 3.63) is 48.1 Å². The van der Waals surface area contributed by atoms with Gasteiger partial charge in [0.25, 0.3) is 0 Å². The number of ether oxygens (including phenoxy) is 2. The molecule has 0 saturated carbocycles. The van der Waals surface area contributed by atoms with Crippen molar-refractivity contribution < 1.29 is 19.4 Å². The highest BCUT2D eigenvalue weighted by Crippen LogP contribution is 2.20. The van der Waals surface area contributed by atoms with Crippen molar-refractivity contribution in [1.29, 1.82) is 0 Å². The first-order valence-corrected chi connectivity index (χ1v) is 11.5. The Hall–Kier alpha value is -2.07. The third-order valence-electron chi connectivity index (χ3n) is 4.64. The van der Waals surface area contributed by atoms with Gasteiger partial charge in [0.1, 0.15) is 5.75 Å². The molecule has 0 spiro atoms. The van der Waals surface area contributed by atoms with Crippen molar-refractivity contribution in [3.63, 3.8) is 0 Å². The Kier molecular flexibility index (Phi) is 14.5. The second-order valence-corrected chi connectivity index (χ2v) is 7.90. The second kappa shape index (κ2) is 16.7. The second-order valence-electron chi connectivity index (χ2n) is 7.90. The highest BCUT2D eigenvalue weighted by atomic mass is 16.5. The standard InChI is InChI=1S/C26H40O4/c1-4-5-6-7-8-9-17-24(27)18-12-10-15-23-16-11-13-19-25(23)29-21-14-20-26(28)30-22(2)3/h10-13,15-16,18-19,22,24,27H,4-9,14,17,20-21H2,1-3H3/b15-10+,18-12+. The summed E-state index contributed by atoms with van der Waals surface area (Å²) < 4.78 is 11.0. The maximum Gasteiger partial charge on any atom is 0.306 e. The third-order valence-corrected chi connectivity index (χ3v) is 4.64. The number of carbonyl (C=O) groups excluding carboxylic acids is 1. The number of hydrogen-bond acceptors (Lipinski definition) is 4. The highest BCUT2D eigenvalue weighted by Gasteiger charge is 2.06. The van der Waals surface area contributed by atoms with Gasteiger partial charge >= 0.3 is 5.97 Å². The maximum atomic E-state index is 11.6. The summed E-state index contributed by atoms with van der Waals surface area (Å²) in [6.07, 6.45) is 16.3. The molecule has 4 nitrogen and oxygen atoms in total. The average Bonchev–Trinajstić information content (AvgIpc) is 2.71. The summed E-state index contributed by atoms with van der Waals surface area (Å²) in [7, 11) is 0. The molecule has 30 heavy (non-hydrogen) atoms. The Morgan fingerprint density at radius 3 is 2.53 bits per heavy atom. The summed E-state index contributed by atoms with van der Waals surface area (Å²) in [5.41, 5.74) is 0.970. The Bertz CT molecular complexity index is 634. The van der Waals surface area contributed by atoms with Crippen LogP contribution in [0.25, 0.3) is 6.08 Å². The van der Waals surface area contributed by atoms with Crippen molar-refractivity contribution in [1.82, 2.24) is 0 Å². The van der Waals surface area contributed by atoms with E-state index in [0.29, 0.717) is 19.4 Å². The molecule has 0 fully saturated rings. The Morgan fingerprint density at radius 2 is 1.77 bits per heavy atom. The molecule has 0 aromatic heterocycles. The molecule has 1 N–H and O–H groups in total. The van der Waals surface area contributed by atoms with Gasteiger partial charge in [0.05, 0.1) is 18.8 Å². The van der Waals surface area contributed by atoms with Crippen molar-refractivity contribution in [2.24, 2.45) is 0 Å². The third kappa shape index (κ3) is 13.2. The van der Waals surface area contributed by atoms with Crippen LogP contribution >= 0.6 is 0 Å². The van der Waals surface area contributed by atoms with E-state index in [9.17, 15) is 9.90 Å². The van der Waals surface area contributed by atoms with E-state index in [0.717, 1.165) is 24.2 Å². The van der Waals surface area contributed by atoms with Gasteiger partial charge in [0.15, 0.2) is 0 Å². The minimum Gasteiger partial charge on any atom is -0.493 e. The average molecular weight is 417 g/mol. The van der Waals surface area contributed by atoms with Crippen molar-refractivity contribution in [3.8, 4) is 5.75 Å². The van der Waals surface area contributed by atoms with Crippen LogP contribution in [0.3, 0.4) is 0 Å². The number of carbonyl (C=O) groups is 1. The number of esters is 1. The summed E-state index contributed by atoms with van der Waals surface area (Å²) in [4.78, 5) is 11.6. The SMILES string of the molecule is CCCCCCCCC(O)/C=C/C=C/c1ccccc1OCCCC(=O)OC(C)C. The fourth-order valence-electron chi connectivity index (χ4n) is 3.05. The first-order valence-electron chi connectivity index (χ1n) is 11.5.